The number of primary amides is 1. The number of nitrogens with one attached hydrogen (secondary N) is 1. The zero-order valence-electron chi connectivity index (χ0n) is 16.8. The molecule has 0 spiro atoms. The van der Waals surface area contributed by atoms with E-state index < -0.39 is 23.7 Å². The van der Waals surface area contributed by atoms with E-state index in [1.807, 2.05) is 0 Å². The highest BCUT2D eigenvalue weighted by Gasteiger charge is 2.24. The first-order valence-electron chi connectivity index (χ1n) is 10.0. The third-order valence-electron chi connectivity index (χ3n) is 5.43. The van der Waals surface area contributed by atoms with Crippen molar-refractivity contribution in [1.82, 2.24) is 19.7 Å². The van der Waals surface area contributed by atoms with Gasteiger partial charge in [-0.25, -0.2) is 4.79 Å². The molecule has 10 heteroatoms. The SMILES string of the molecule is Cc1nn(-c2ccc(Cl)c(C(=O)NC(O)C3CCCCCC3)c2)c(=O)n1CC(N)=O. The summed E-state index contributed by atoms with van der Waals surface area (Å²) in [6, 6.07) is 4.46. The van der Waals surface area contributed by atoms with Gasteiger partial charge in [0.2, 0.25) is 5.91 Å². The van der Waals surface area contributed by atoms with Crippen LogP contribution in [0.4, 0.5) is 0 Å². The summed E-state index contributed by atoms with van der Waals surface area (Å²) >= 11 is 6.20. The molecule has 1 heterocycles. The average Bonchev–Trinajstić information content (AvgIpc) is 2.90. The first-order valence-corrected chi connectivity index (χ1v) is 10.4. The average molecular weight is 436 g/mol. The van der Waals surface area contributed by atoms with Crippen molar-refractivity contribution in [3.8, 4) is 5.69 Å². The molecule has 1 fully saturated rings. The number of nitrogens with zero attached hydrogens (tertiary/aromatic N) is 3. The maximum absolute atomic E-state index is 12.8. The van der Waals surface area contributed by atoms with Gasteiger partial charge in [0.05, 0.1) is 16.3 Å². The number of aliphatic hydroxyl groups excluding tert-OH is 1. The van der Waals surface area contributed by atoms with Gasteiger partial charge in [-0.05, 0) is 38.0 Å². The lowest BCUT2D eigenvalue weighted by molar-refractivity contribution is -0.118. The normalized spacial score (nSPS) is 16.1. The molecule has 0 saturated heterocycles. The first-order chi connectivity index (χ1) is 14.3. The molecule has 1 unspecified atom stereocenters. The summed E-state index contributed by atoms with van der Waals surface area (Å²) in [4.78, 5) is 36.5. The topological polar surface area (TPSA) is 132 Å². The molecular formula is C20H26ClN5O4. The summed E-state index contributed by atoms with van der Waals surface area (Å²) in [6.07, 6.45) is 5.11. The summed E-state index contributed by atoms with van der Waals surface area (Å²) < 4.78 is 2.22. The Balaban J connectivity index is 1.84. The molecule has 162 valence electrons. The van der Waals surface area contributed by atoms with Gasteiger partial charge in [0.25, 0.3) is 5.91 Å². The van der Waals surface area contributed by atoms with Crippen LogP contribution in [0.3, 0.4) is 0 Å². The molecule has 9 nitrogen and oxygen atoms in total. The van der Waals surface area contributed by atoms with E-state index in [-0.39, 0.29) is 23.0 Å². The number of benzene rings is 1. The molecule has 0 aliphatic heterocycles. The highest BCUT2D eigenvalue weighted by atomic mass is 35.5. The summed E-state index contributed by atoms with van der Waals surface area (Å²) in [7, 11) is 0. The van der Waals surface area contributed by atoms with Crippen LogP contribution >= 0.6 is 11.6 Å². The second-order valence-electron chi connectivity index (χ2n) is 7.63. The molecule has 1 aromatic carbocycles. The second-order valence-corrected chi connectivity index (χ2v) is 8.04. The molecule has 0 bridgehead atoms. The van der Waals surface area contributed by atoms with Gasteiger partial charge in [0.15, 0.2) is 0 Å². The fraction of sp³-hybridized carbons (Fsp3) is 0.500. The zero-order chi connectivity index (χ0) is 21.8. The van der Waals surface area contributed by atoms with Crippen LogP contribution < -0.4 is 16.7 Å². The standard InChI is InChI=1S/C20H26ClN5O4/c1-12-24-26(20(30)25(12)11-17(22)27)14-8-9-16(21)15(10-14)19(29)23-18(28)13-6-4-2-3-5-7-13/h8-10,13,18,28H,2-7,11H2,1H3,(H2,22,27)(H,23,29). The Morgan fingerprint density at radius 3 is 2.60 bits per heavy atom. The molecule has 2 aromatic rings. The summed E-state index contributed by atoms with van der Waals surface area (Å²) in [5.41, 5.74) is 5.06. The van der Waals surface area contributed by atoms with Crippen LogP contribution in [-0.2, 0) is 11.3 Å². The largest absolute Gasteiger partial charge is 0.373 e. The number of hydrogen-bond donors (Lipinski definition) is 3. The van der Waals surface area contributed by atoms with Gasteiger partial charge in [-0.1, -0.05) is 37.3 Å². The van der Waals surface area contributed by atoms with Crippen molar-refractivity contribution in [3.05, 3.63) is 45.1 Å². The lowest BCUT2D eigenvalue weighted by atomic mass is 9.98. The van der Waals surface area contributed by atoms with Crippen molar-refractivity contribution >= 4 is 23.4 Å². The Morgan fingerprint density at radius 1 is 1.30 bits per heavy atom. The minimum Gasteiger partial charge on any atom is -0.373 e. The van der Waals surface area contributed by atoms with Gasteiger partial charge >= 0.3 is 5.69 Å². The predicted octanol–water partition coefficient (Wildman–Crippen LogP) is 1.50. The lowest BCUT2D eigenvalue weighted by Crippen LogP contribution is -2.40. The fourth-order valence-electron chi connectivity index (χ4n) is 3.78. The number of carbonyl (C=O) groups excluding carboxylic acids is 2. The van der Waals surface area contributed by atoms with Gasteiger partial charge in [-0.2, -0.15) is 9.78 Å². The number of rotatable bonds is 6. The quantitative estimate of drug-likeness (QED) is 0.467. The molecule has 1 aliphatic rings. The van der Waals surface area contributed by atoms with Crippen LogP contribution in [0.1, 0.15) is 54.7 Å². The van der Waals surface area contributed by atoms with E-state index in [1.54, 1.807) is 13.0 Å². The summed E-state index contributed by atoms with van der Waals surface area (Å²) in [5.74, 6) is -0.875. The highest BCUT2D eigenvalue weighted by molar-refractivity contribution is 6.33. The molecule has 1 atom stereocenters. The molecule has 1 aliphatic carbocycles. The van der Waals surface area contributed by atoms with Crippen molar-refractivity contribution in [3.63, 3.8) is 0 Å². The van der Waals surface area contributed by atoms with Gasteiger partial charge in [-0.3, -0.25) is 14.2 Å². The van der Waals surface area contributed by atoms with Crippen molar-refractivity contribution < 1.29 is 14.7 Å². The second kappa shape index (κ2) is 9.44. The van der Waals surface area contributed by atoms with Crippen LogP contribution in [-0.4, -0.2) is 37.5 Å². The van der Waals surface area contributed by atoms with Crippen molar-refractivity contribution in [2.45, 2.75) is 58.2 Å². The van der Waals surface area contributed by atoms with E-state index >= 15 is 0 Å². The van der Waals surface area contributed by atoms with Gasteiger partial charge in [-0.15, -0.1) is 0 Å². The minimum absolute atomic E-state index is 0.00757. The minimum atomic E-state index is -0.963. The maximum Gasteiger partial charge on any atom is 0.351 e. The molecule has 0 radical (unpaired) electrons. The molecule has 3 rings (SSSR count). The predicted molar refractivity (Wildman–Crippen MR) is 111 cm³/mol. The van der Waals surface area contributed by atoms with Gasteiger partial charge < -0.3 is 16.2 Å². The Morgan fingerprint density at radius 2 is 1.97 bits per heavy atom. The molecule has 4 N–H and O–H groups in total. The highest BCUT2D eigenvalue weighted by Crippen LogP contribution is 2.25. The van der Waals surface area contributed by atoms with E-state index in [1.165, 1.54) is 12.1 Å². The smallest absolute Gasteiger partial charge is 0.351 e. The Hall–Kier alpha value is -2.65. The fourth-order valence-corrected chi connectivity index (χ4v) is 3.98. The van der Waals surface area contributed by atoms with Gasteiger partial charge in [0, 0.05) is 5.92 Å². The first kappa shape index (κ1) is 22.0. The molecule has 2 amide bonds. The number of carbonyl (C=O) groups is 2. The number of aryl methyl sites for hydroxylation is 1. The molecule has 1 aromatic heterocycles. The number of nitrogens with two attached hydrogens (primary N) is 1. The number of amides is 2. The van der Waals surface area contributed by atoms with Crippen molar-refractivity contribution in [1.29, 1.82) is 0 Å². The number of aromatic nitrogens is 3. The Labute approximate surface area is 178 Å². The molecule has 30 heavy (non-hydrogen) atoms. The third kappa shape index (κ3) is 4.91. The molecular weight excluding hydrogens is 410 g/mol. The maximum atomic E-state index is 12.8. The Kier molecular flexibility index (Phi) is 6.94. The number of hydrogen-bond acceptors (Lipinski definition) is 5. The monoisotopic (exact) mass is 435 g/mol. The van der Waals surface area contributed by atoms with Gasteiger partial charge in [0.1, 0.15) is 18.6 Å². The summed E-state index contributed by atoms with van der Waals surface area (Å²) in [6.45, 7) is 1.28. The number of aliphatic hydroxyl groups is 1. The van der Waals surface area contributed by atoms with Crippen molar-refractivity contribution in [2.24, 2.45) is 11.7 Å². The van der Waals surface area contributed by atoms with E-state index in [2.05, 4.69) is 10.4 Å². The van der Waals surface area contributed by atoms with Crippen molar-refractivity contribution in [2.75, 3.05) is 0 Å². The number of halogens is 1. The van der Waals surface area contributed by atoms with Crippen LogP contribution in [0.15, 0.2) is 23.0 Å². The van der Waals surface area contributed by atoms with E-state index in [0.717, 1.165) is 47.8 Å². The lowest BCUT2D eigenvalue weighted by Gasteiger charge is -2.22. The van der Waals surface area contributed by atoms with Crippen LogP contribution in [0.25, 0.3) is 5.69 Å². The zero-order valence-corrected chi connectivity index (χ0v) is 17.6. The van der Waals surface area contributed by atoms with Crippen LogP contribution in [0, 0.1) is 12.8 Å². The Bertz CT molecular complexity index is 992. The van der Waals surface area contributed by atoms with E-state index in [4.69, 9.17) is 17.3 Å². The van der Waals surface area contributed by atoms with E-state index in [0.29, 0.717) is 11.5 Å². The van der Waals surface area contributed by atoms with Crippen LogP contribution in [0.2, 0.25) is 5.02 Å². The molecule has 1 saturated carbocycles. The van der Waals surface area contributed by atoms with E-state index in [9.17, 15) is 19.5 Å². The third-order valence-corrected chi connectivity index (χ3v) is 5.76. The van der Waals surface area contributed by atoms with Crippen LogP contribution in [0.5, 0.6) is 0 Å². The summed E-state index contributed by atoms with van der Waals surface area (Å²) in [5, 5.41) is 17.4.